The Labute approximate surface area is 176 Å². The molecular weight excluding hydrogens is 396 g/mol. The number of amides is 2. The van der Waals surface area contributed by atoms with Crippen molar-refractivity contribution in [3.8, 4) is 5.75 Å². The van der Waals surface area contributed by atoms with E-state index in [2.05, 4.69) is 0 Å². The van der Waals surface area contributed by atoms with Crippen LogP contribution in [-0.2, 0) is 15.1 Å². The van der Waals surface area contributed by atoms with E-state index >= 15 is 0 Å². The van der Waals surface area contributed by atoms with Gasteiger partial charge in [0.15, 0.2) is 0 Å². The molecule has 7 heteroatoms. The number of phenols is 1. The summed E-state index contributed by atoms with van der Waals surface area (Å²) in [4.78, 5) is 40.7. The van der Waals surface area contributed by atoms with Crippen LogP contribution in [0.5, 0.6) is 5.75 Å². The maximum absolute atomic E-state index is 13.7. The first kappa shape index (κ1) is 17.8. The molecule has 3 aliphatic carbocycles. The Hall–Kier alpha value is -4.00. The van der Waals surface area contributed by atoms with Crippen LogP contribution in [0.15, 0.2) is 72.8 Å². The van der Waals surface area contributed by atoms with Gasteiger partial charge in [0.05, 0.1) is 11.6 Å². The minimum absolute atomic E-state index is 0.0536. The number of nitro groups is 1. The zero-order valence-electron chi connectivity index (χ0n) is 16.1. The second-order valence-corrected chi connectivity index (χ2v) is 8.18. The van der Waals surface area contributed by atoms with E-state index in [0.29, 0.717) is 22.3 Å². The summed E-state index contributed by atoms with van der Waals surface area (Å²) in [5.74, 6) is -3.96. The number of aromatic hydroxyl groups is 1. The molecule has 31 heavy (non-hydrogen) atoms. The van der Waals surface area contributed by atoms with Gasteiger partial charge in [-0.1, -0.05) is 60.7 Å². The summed E-state index contributed by atoms with van der Waals surface area (Å²) in [6.45, 7) is 0. The molecular formula is C24H16N2O5. The highest BCUT2D eigenvalue weighted by Crippen LogP contribution is 2.64. The van der Waals surface area contributed by atoms with E-state index in [1.165, 1.54) is 12.1 Å². The van der Waals surface area contributed by atoms with Crippen molar-refractivity contribution >= 4 is 17.5 Å². The predicted octanol–water partition coefficient (Wildman–Crippen LogP) is 3.18. The monoisotopic (exact) mass is 412 g/mol. The highest BCUT2D eigenvalue weighted by Gasteiger charge is 2.74. The van der Waals surface area contributed by atoms with E-state index in [1.807, 2.05) is 12.1 Å². The molecule has 0 radical (unpaired) electrons. The van der Waals surface area contributed by atoms with Crippen LogP contribution in [0.3, 0.4) is 0 Å². The summed E-state index contributed by atoms with van der Waals surface area (Å²) >= 11 is 0. The third kappa shape index (κ3) is 1.89. The molecule has 1 N–H and O–H groups in total. The van der Waals surface area contributed by atoms with Crippen molar-refractivity contribution in [1.82, 2.24) is 0 Å². The molecule has 2 atom stereocenters. The lowest BCUT2D eigenvalue weighted by molar-refractivity contribution is -0.578. The van der Waals surface area contributed by atoms with Gasteiger partial charge in [-0.2, -0.15) is 0 Å². The Morgan fingerprint density at radius 1 is 0.839 bits per heavy atom. The van der Waals surface area contributed by atoms with E-state index in [-0.39, 0.29) is 11.4 Å². The van der Waals surface area contributed by atoms with Crippen LogP contribution in [0.2, 0.25) is 0 Å². The molecule has 1 fully saturated rings. The maximum atomic E-state index is 13.7. The van der Waals surface area contributed by atoms with E-state index in [1.54, 1.807) is 48.5 Å². The second kappa shape index (κ2) is 5.78. The van der Waals surface area contributed by atoms with Gasteiger partial charge in [-0.3, -0.25) is 19.7 Å². The van der Waals surface area contributed by atoms with Crippen LogP contribution in [-0.4, -0.2) is 21.8 Å². The Bertz CT molecular complexity index is 1270. The Morgan fingerprint density at radius 3 is 1.97 bits per heavy atom. The van der Waals surface area contributed by atoms with Crippen LogP contribution in [0.25, 0.3) is 0 Å². The molecule has 4 aliphatic rings. The summed E-state index contributed by atoms with van der Waals surface area (Å²) < 4.78 is 0. The zero-order valence-corrected chi connectivity index (χ0v) is 16.1. The summed E-state index contributed by atoms with van der Waals surface area (Å²) in [7, 11) is 0. The summed E-state index contributed by atoms with van der Waals surface area (Å²) in [6.07, 6.45) is 0. The number of anilines is 1. The Balaban J connectivity index is 1.69. The highest BCUT2D eigenvalue weighted by atomic mass is 16.6. The fourth-order valence-electron chi connectivity index (χ4n) is 5.93. The maximum Gasteiger partial charge on any atom is 0.285 e. The number of phenolic OH excluding ortho intramolecular Hbond substituents is 1. The van der Waals surface area contributed by atoms with Gasteiger partial charge in [0.1, 0.15) is 11.7 Å². The summed E-state index contributed by atoms with van der Waals surface area (Å²) in [6, 6.07) is 20.1. The number of para-hydroxylation sites is 2. The molecule has 7 nitrogen and oxygen atoms in total. The van der Waals surface area contributed by atoms with Crippen LogP contribution in [0.4, 0.5) is 5.69 Å². The van der Waals surface area contributed by atoms with Crippen molar-refractivity contribution in [2.75, 3.05) is 4.90 Å². The largest absolute Gasteiger partial charge is 0.506 e. The third-order valence-electron chi connectivity index (χ3n) is 6.98. The normalized spacial score (nSPS) is 27.6. The number of rotatable bonds is 2. The van der Waals surface area contributed by atoms with Crippen molar-refractivity contribution in [2.45, 2.75) is 11.5 Å². The first-order valence-electron chi connectivity index (χ1n) is 9.98. The molecule has 2 bridgehead atoms. The van der Waals surface area contributed by atoms with Crippen molar-refractivity contribution in [1.29, 1.82) is 0 Å². The van der Waals surface area contributed by atoms with Gasteiger partial charge in [0.2, 0.25) is 11.8 Å². The summed E-state index contributed by atoms with van der Waals surface area (Å²) in [5.41, 5.74) is 0.533. The van der Waals surface area contributed by atoms with Crippen molar-refractivity contribution in [3.05, 3.63) is 105 Å². The fraction of sp³-hybridized carbons (Fsp3) is 0.167. The van der Waals surface area contributed by atoms with E-state index < -0.39 is 40.0 Å². The van der Waals surface area contributed by atoms with Crippen molar-refractivity contribution in [3.63, 3.8) is 0 Å². The molecule has 2 amide bonds. The Kier molecular flexibility index (Phi) is 3.33. The smallest absolute Gasteiger partial charge is 0.285 e. The van der Waals surface area contributed by atoms with Gasteiger partial charge >= 0.3 is 0 Å². The number of carbonyl (C=O) groups is 2. The number of benzene rings is 3. The molecule has 1 aliphatic heterocycles. The number of nitrogens with zero attached hydrogens (tertiary/aromatic N) is 2. The first-order chi connectivity index (χ1) is 15.0. The van der Waals surface area contributed by atoms with Gasteiger partial charge in [-0.25, -0.2) is 4.90 Å². The lowest BCUT2D eigenvalue weighted by atomic mass is 9.51. The molecule has 3 aromatic carbocycles. The molecule has 152 valence electrons. The van der Waals surface area contributed by atoms with E-state index in [0.717, 1.165) is 4.90 Å². The second-order valence-electron chi connectivity index (χ2n) is 8.18. The quantitative estimate of drug-likeness (QED) is 0.396. The van der Waals surface area contributed by atoms with Crippen LogP contribution in [0, 0.1) is 22.0 Å². The van der Waals surface area contributed by atoms with Crippen LogP contribution in [0.1, 0.15) is 28.2 Å². The van der Waals surface area contributed by atoms with Crippen LogP contribution >= 0.6 is 0 Å². The number of hydrogen-bond acceptors (Lipinski definition) is 5. The lowest BCUT2D eigenvalue weighted by Crippen LogP contribution is -2.57. The zero-order chi connectivity index (χ0) is 21.5. The third-order valence-corrected chi connectivity index (χ3v) is 6.98. The lowest BCUT2D eigenvalue weighted by Gasteiger charge is -2.48. The minimum Gasteiger partial charge on any atom is -0.506 e. The van der Waals surface area contributed by atoms with Gasteiger partial charge in [0, 0.05) is 22.0 Å². The van der Waals surface area contributed by atoms with Gasteiger partial charge < -0.3 is 5.11 Å². The number of imide groups is 1. The van der Waals surface area contributed by atoms with E-state index in [9.17, 15) is 24.8 Å². The Morgan fingerprint density at radius 2 is 1.39 bits per heavy atom. The number of carbonyl (C=O) groups excluding carboxylic acids is 2. The highest BCUT2D eigenvalue weighted by molar-refractivity contribution is 6.24. The topological polar surface area (TPSA) is 101 Å². The van der Waals surface area contributed by atoms with Crippen molar-refractivity contribution in [2.24, 2.45) is 11.8 Å². The average Bonchev–Trinajstić information content (AvgIpc) is 3.05. The molecule has 3 aromatic rings. The predicted molar refractivity (Wildman–Crippen MR) is 110 cm³/mol. The molecule has 7 rings (SSSR count). The van der Waals surface area contributed by atoms with Gasteiger partial charge in [-0.15, -0.1) is 0 Å². The molecule has 1 saturated heterocycles. The molecule has 0 aromatic heterocycles. The fourth-order valence-corrected chi connectivity index (χ4v) is 5.93. The average molecular weight is 412 g/mol. The van der Waals surface area contributed by atoms with Crippen molar-refractivity contribution < 1.29 is 19.6 Å². The van der Waals surface area contributed by atoms with E-state index in [4.69, 9.17) is 0 Å². The standard InChI is InChI=1S/C24H16N2O5/c27-18-12-6-5-11-17(18)25-22(28)20-19-13-7-1-3-9-15(13)24(26(30)31,21(20)23(25)29)16-10-4-2-8-14(16)19/h1-12,19-21,27H/t19?,20-,21-,24?/m1/s1. The minimum atomic E-state index is -1.86. The molecule has 0 unspecified atom stereocenters. The van der Waals surface area contributed by atoms with Crippen LogP contribution < -0.4 is 4.90 Å². The number of hydrogen-bond donors (Lipinski definition) is 1. The van der Waals surface area contributed by atoms with Gasteiger partial charge in [-0.05, 0) is 23.3 Å². The SMILES string of the molecule is O=C1[C@@H]2C3c4ccccc4C([N+](=O)[O-])(c4ccccc43)[C@H]2C(=O)N1c1ccccc1O. The summed E-state index contributed by atoms with van der Waals surface area (Å²) in [5, 5.41) is 23.2. The van der Waals surface area contributed by atoms with Gasteiger partial charge in [0.25, 0.3) is 5.54 Å². The molecule has 1 heterocycles. The molecule has 0 spiro atoms. The first-order valence-corrected chi connectivity index (χ1v) is 9.98. The molecule has 0 saturated carbocycles.